The minimum absolute atomic E-state index is 0.145. The zero-order chi connectivity index (χ0) is 13.2. The summed E-state index contributed by atoms with van der Waals surface area (Å²) < 4.78 is 0. The molecule has 0 atom stereocenters. The summed E-state index contributed by atoms with van der Waals surface area (Å²) in [5.74, 6) is 3.49. The van der Waals surface area contributed by atoms with Crippen LogP contribution in [0.4, 0.5) is 5.69 Å². The first-order valence-corrected chi connectivity index (χ1v) is 7.42. The van der Waals surface area contributed by atoms with E-state index in [0.717, 1.165) is 23.6 Å². The molecule has 3 N–H and O–H groups in total. The van der Waals surface area contributed by atoms with E-state index >= 15 is 0 Å². The maximum Gasteiger partial charge on any atom is 0.274 e. The number of hydrogen-bond acceptors (Lipinski definition) is 3. The van der Waals surface area contributed by atoms with E-state index in [4.69, 9.17) is 5.73 Å². The Labute approximate surface area is 112 Å². The van der Waals surface area contributed by atoms with Crippen molar-refractivity contribution in [2.45, 2.75) is 50.9 Å². The topological polar surface area (TPSA) is 71.8 Å². The molecule has 4 aliphatic carbocycles. The zero-order valence-electron chi connectivity index (χ0n) is 11.4. The van der Waals surface area contributed by atoms with Gasteiger partial charge in [-0.1, -0.05) is 0 Å². The molecule has 0 aliphatic heterocycles. The Bertz CT molecular complexity index is 554. The molecule has 5 rings (SSSR count). The summed E-state index contributed by atoms with van der Waals surface area (Å²) in [6.07, 6.45) is 7.84. The van der Waals surface area contributed by atoms with E-state index in [2.05, 4.69) is 9.97 Å². The lowest BCUT2D eigenvalue weighted by atomic mass is 9.49. The highest BCUT2D eigenvalue weighted by atomic mass is 16.1. The van der Waals surface area contributed by atoms with Crippen molar-refractivity contribution >= 4 is 5.69 Å². The minimum atomic E-state index is -0.154. The average Bonchev–Trinajstić information content (AvgIpc) is 2.33. The Morgan fingerprint density at radius 1 is 1.16 bits per heavy atom. The van der Waals surface area contributed by atoms with Gasteiger partial charge in [0.15, 0.2) is 0 Å². The van der Waals surface area contributed by atoms with Gasteiger partial charge in [-0.25, -0.2) is 4.98 Å². The third-order valence-electron chi connectivity index (χ3n) is 5.69. The molecule has 0 amide bonds. The zero-order valence-corrected chi connectivity index (χ0v) is 11.4. The van der Waals surface area contributed by atoms with Gasteiger partial charge in [0.2, 0.25) is 0 Å². The van der Waals surface area contributed by atoms with Gasteiger partial charge in [0.1, 0.15) is 11.5 Å². The number of hydrogen-bond donors (Lipinski definition) is 2. The van der Waals surface area contributed by atoms with E-state index in [0.29, 0.717) is 5.69 Å². The standard InChI is InChI=1S/C15H21N3O/c1-8-12(16)13(19)18-14(17-8)15-5-9-2-10(6-15)4-11(3-9)7-15/h9-11H,2-7,16H2,1H3,(H,17,18,19). The van der Waals surface area contributed by atoms with Crippen LogP contribution < -0.4 is 11.3 Å². The molecule has 1 aromatic heterocycles. The van der Waals surface area contributed by atoms with Crippen LogP contribution in [0.3, 0.4) is 0 Å². The van der Waals surface area contributed by atoms with Crippen molar-refractivity contribution in [1.82, 2.24) is 9.97 Å². The molecule has 102 valence electrons. The van der Waals surface area contributed by atoms with Crippen molar-refractivity contribution in [2.75, 3.05) is 5.73 Å². The number of H-pyrrole nitrogens is 1. The van der Waals surface area contributed by atoms with Crippen molar-refractivity contribution in [3.63, 3.8) is 0 Å². The predicted molar refractivity (Wildman–Crippen MR) is 73.9 cm³/mol. The van der Waals surface area contributed by atoms with Crippen LogP contribution in [0.1, 0.15) is 50.0 Å². The molecule has 4 heteroatoms. The molecule has 4 saturated carbocycles. The third-order valence-corrected chi connectivity index (χ3v) is 5.69. The molecule has 0 unspecified atom stereocenters. The van der Waals surface area contributed by atoms with Crippen LogP contribution >= 0.6 is 0 Å². The fraction of sp³-hybridized carbons (Fsp3) is 0.733. The van der Waals surface area contributed by atoms with Crippen LogP contribution in [0.2, 0.25) is 0 Å². The minimum Gasteiger partial charge on any atom is -0.393 e. The van der Waals surface area contributed by atoms with Crippen molar-refractivity contribution in [2.24, 2.45) is 17.8 Å². The van der Waals surface area contributed by atoms with E-state index in [9.17, 15) is 4.79 Å². The highest BCUT2D eigenvalue weighted by Crippen LogP contribution is 2.59. The normalized spacial score (nSPS) is 39.7. The van der Waals surface area contributed by atoms with Gasteiger partial charge in [0, 0.05) is 5.41 Å². The molecule has 19 heavy (non-hydrogen) atoms. The van der Waals surface area contributed by atoms with Gasteiger partial charge >= 0.3 is 0 Å². The van der Waals surface area contributed by atoms with Crippen LogP contribution in [-0.4, -0.2) is 9.97 Å². The quantitative estimate of drug-likeness (QED) is 0.811. The summed E-state index contributed by atoms with van der Waals surface area (Å²) in [6, 6.07) is 0. The predicted octanol–water partition coefficient (Wildman–Crippen LogP) is 2.13. The van der Waals surface area contributed by atoms with Crippen LogP contribution in [0.25, 0.3) is 0 Å². The molecule has 0 spiro atoms. The average molecular weight is 259 g/mol. The molecule has 0 radical (unpaired) electrons. The Hall–Kier alpha value is -1.32. The van der Waals surface area contributed by atoms with E-state index < -0.39 is 0 Å². The molecule has 4 nitrogen and oxygen atoms in total. The second-order valence-electron chi connectivity index (χ2n) is 7.11. The van der Waals surface area contributed by atoms with Gasteiger partial charge < -0.3 is 10.7 Å². The number of aromatic nitrogens is 2. The van der Waals surface area contributed by atoms with Gasteiger partial charge in [-0.3, -0.25) is 4.79 Å². The fourth-order valence-corrected chi connectivity index (χ4v) is 5.25. The van der Waals surface area contributed by atoms with Gasteiger partial charge in [0.05, 0.1) is 5.69 Å². The van der Waals surface area contributed by atoms with Crippen LogP contribution in [0, 0.1) is 24.7 Å². The van der Waals surface area contributed by atoms with Crippen molar-refractivity contribution in [3.05, 3.63) is 21.9 Å². The largest absolute Gasteiger partial charge is 0.393 e. The first-order chi connectivity index (χ1) is 9.06. The van der Waals surface area contributed by atoms with Gasteiger partial charge in [0.25, 0.3) is 5.56 Å². The number of nitrogens with zero attached hydrogens (tertiary/aromatic N) is 1. The van der Waals surface area contributed by atoms with Crippen LogP contribution in [-0.2, 0) is 5.41 Å². The number of aryl methyl sites for hydroxylation is 1. The van der Waals surface area contributed by atoms with Gasteiger partial charge in [-0.15, -0.1) is 0 Å². The molecule has 0 aromatic carbocycles. The number of nitrogens with two attached hydrogens (primary N) is 1. The van der Waals surface area contributed by atoms with Gasteiger partial charge in [-0.2, -0.15) is 0 Å². The third kappa shape index (κ3) is 1.58. The number of nitrogens with one attached hydrogen (secondary N) is 1. The summed E-state index contributed by atoms with van der Waals surface area (Å²) in [7, 11) is 0. The van der Waals surface area contributed by atoms with E-state index in [1.165, 1.54) is 38.5 Å². The molecule has 0 saturated heterocycles. The molecular weight excluding hydrogens is 238 g/mol. The summed E-state index contributed by atoms with van der Waals surface area (Å²) >= 11 is 0. The molecule has 4 aliphatic rings. The lowest BCUT2D eigenvalue weighted by Gasteiger charge is -2.56. The van der Waals surface area contributed by atoms with Gasteiger partial charge in [-0.05, 0) is 63.2 Å². The van der Waals surface area contributed by atoms with Crippen molar-refractivity contribution in [1.29, 1.82) is 0 Å². The Balaban J connectivity index is 1.82. The first-order valence-electron chi connectivity index (χ1n) is 7.42. The summed E-state index contributed by atoms with van der Waals surface area (Å²) in [5.41, 5.74) is 6.69. The summed E-state index contributed by atoms with van der Waals surface area (Å²) in [4.78, 5) is 19.6. The maximum atomic E-state index is 11.9. The fourth-order valence-electron chi connectivity index (χ4n) is 5.25. The van der Waals surface area contributed by atoms with Crippen LogP contribution in [0.5, 0.6) is 0 Å². The lowest BCUT2D eigenvalue weighted by molar-refractivity contribution is -0.00955. The number of aromatic amines is 1. The summed E-state index contributed by atoms with van der Waals surface area (Å²) in [6.45, 7) is 1.84. The van der Waals surface area contributed by atoms with Crippen LogP contribution in [0.15, 0.2) is 4.79 Å². The Morgan fingerprint density at radius 2 is 1.68 bits per heavy atom. The number of rotatable bonds is 1. The van der Waals surface area contributed by atoms with E-state index in [1.807, 2.05) is 6.92 Å². The molecule has 4 fully saturated rings. The monoisotopic (exact) mass is 259 g/mol. The Kier molecular flexibility index (Phi) is 2.19. The maximum absolute atomic E-state index is 11.9. The highest BCUT2D eigenvalue weighted by Gasteiger charge is 2.52. The lowest BCUT2D eigenvalue weighted by Crippen LogP contribution is -2.50. The number of anilines is 1. The second kappa shape index (κ2) is 3.62. The summed E-state index contributed by atoms with van der Waals surface area (Å²) in [5, 5.41) is 0. The molecular formula is C15H21N3O. The van der Waals surface area contributed by atoms with Crippen molar-refractivity contribution < 1.29 is 0 Å². The molecule has 1 heterocycles. The second-order valence-corrected chi connectivity index (χ2v) is 7.11. The van der Waals surface area contributed by atoms with Crippen molar-refractivity contribution in [3.8, 4) is 0 Å². The highest BCUT2D eigenvalue weighted by molar-refractivity contribution is 5.40. The molecule has 1 aromatic rings. The smallest absolute Gasteiger partial charge is 0.274 e. The van der Waals surface area contributed by atoms with E-state index in [1.54, 1.807) is 0 Å². The van der Waals surface area contributed by atoms with E-state index in [-0.39, 0.29) is 16.7 Å². The Morgan fingerprint density at radius 3 is 2.16 bits per heavy atom. The molecule has 4 bridgehead atoms. The first kappa shape index (κ1) is 11.5. The SMILES string of the molecule is Cc1nc(C23CC4CC(CC(C4)C2)C3)[nH]c(=O)c1N. The number of nitrogen functional groups attached to an aromatic ring is 1.